The molecule has 1 unspecified atom stereocenters. The fraction of sp³-hybridized carbons (Fsp3) is 0.217. The zero-order chi connectivity index (χ0) is 21.1. The van der Waals surface area contributed by atoms with Gasteiger partial charge in [0.15, 0.2) is 0 Å². The van der Waals surface area contributed by atoms with Crippen LogP contribution in [0.2, 0.25) is 0 Å². The molecule has 0 aromatic heterocycles. The number of rotatable bonds is 6. The maximum Gasteiger partial charge on any atom is 0.295 e. The number of carbonyl (C=O) groups is 2. The zero-order valence-electron chi connectivity index (χ0n) is 16.6. The smallest absolute Gasteiger partial charge is 0.295 e. The average Bonchev–Trinajstić information content (AvgIpc) is 2.96. The van der Waals surface area contributed by atoms with Gasteiger partial charge in [0.1, 0.15) is 23.9 Å². The predicted molar refractivity (Wildman–Crippen MR) is 110 cm³/mol. The van der Waals surface area contributed by atoms with E-state index in [-0.39, 0.29) is 11.3 Å². The minimum atomic E-state index is -0.731. The maximum atomic E-state index is 12.7. The summed E-state index contributed by atoms with van der Waals surface area (Å²) in [7, 11) is 3.03. The first-order chi connectivity index (χ1) is 13.9. The van der Waals surface area contributed by atoms with Crippen molar-refractivity contribution in [1.82, 2.24) is 4.90 Å². The van der Waals surface area contributed by atoms with E-state index in [4.69, 9.17) is 9.47 Å². The Morgan fingerprint density at radius 3 is 2.52 bits per heavy atom. The fourth-order valence-electron chi connectivity index (χ4n) is 3.39. The third kappa shape index (κ3) is 3.74. The van der Waals surface area contributed by atoms with E-state index in [1.54, 1.807) is 49.5 Å². The molecule has 1 atom stereocenters. The standard InChI is InChI=1S/C23H23NO5/c1-5-12-29-16-9-7-15(8-10-16)20-19(22(26)23(27)24(20)3)21(25)17-13-14(2)6-11-18(17)28-4/h5-11,13,20,25H,1,12H2,2-4H3/b21-19+. The van der Waals surface area contributed by atoms with Crippen LogP contribution in [0.15, 0.2) is 60.7 Å². The number of methoxy groups -OCH3 is 1. The molecule has 0 aliphatic carbocycles. The van der Waals surface area contributed by atoms with E-state index >= 15 is 0 Å². The summed E-state index contributed by atoms with van der Waals surface area (Å²) in [5.41, 5.74) is 1.97. The van der Waals surface area contributed by atoms with E-state index < -0.39 is 17.7 Å². The van der Waals surface area contributed by atoms with Crippen LogP contribution < -0.4 is 9.47 Å². The van der Waals surface area contributed by atoms with Gasteiger partial charge in [-0.05, 0) is 36.8 Å². The highest BCUT2D eigenvalue weighted by molar-refractivity contribution is 6.46. The van der Waals surface area contributed by atoms with Gasteiger partial charge in [-0.15, -0.1) is 0 Å². The van der Waals surface area contributed by atoms with Crippen molar-refractivity contribution in [2.24, 2.45) is 0 Å². The van der Waals surface area contributed by atoms with Crippen molar-refractivity contribution >= 4 is 17.4 Å². The maximum absolute atomic E-state index is 12.7. The quantitative estimate of drug-likeness (QED) is 0.351. The van der Waals surface area contributed by atoms with Crippen molar-refractivity contribution in [1.29, 1.82) is 0 Å². The highest BCUT2D eigenvalue weighted by Gasteiger charge is 2.44. The van der Waals surface area contributed by atoms with E-state index in [1.807, 2.05) is 13.0 Å². The van der Waals surface area contributed by atoms with Crippen LogP contribution in [0.3, 0.4) is 0 Å². The summed E-state index contributed by atoms with van der Waals surface area (Å²) in [6, 6.07) is 11.6. The molecule has 1 aliphatic rings. The van der Waals surface area contributed by atoms with Gasteiger partial charge < -0.3 is 19.5 Å². The number of hydrogen-bond acceptors (Lipinski definition) is 5. The van der Waals surface area contributed by atoms with Crippen LogP contribution in [0.4, 0.5) is 0 Å². The lowest BCUT2D eigenvalue weighted by Crippen LogP contribution is -2.24. The average molecular weight is 393 g/mol. The van der Waals surface area contributed by atoms with Gasteiger partial charge in [0, 0.05) is 7.05 Å². The number of benzene rings is 2. The molecule has 0 saturated carbocycles. The third-order valence-electron chi connectivity index (χ3n) is 4.85. The molecule has 1 fully saturated rings. The van der Waals surface area contributed by atoms with Crippen LogP contribution in [-0.4, -0.2) is 42.5 Å². The van der Waals surface area contributed by atoms with Gasteiger partial charge in [-0.1, -0.05) is 36.4 Å². The summed E-state index contributed by atoms with van der Waals surface area (Å²) >= 11 is 0. The molecule has 6 heteroatoms. The van der Waals surface area contributed by atoms with Crippen molar-refractivity contribution in [3.8, 4) is 11.5 Å². The summed E-state index contributed by atoms with van der Waals surface area (Å²) in [4.78, 5) is 26.5. The Labute approximate surface area is 169 Å². The van der Waals surface area contributed by atoms with Crippen LogP contribution in [0.1, 0.15) is 22.7 Å². The summed E-state index contributed by atoms with van der Waals surface area (Å²) in [5.74, 6) is -0.602. The molecular weight excluding hydrogens is 370 g/mol. The van der Waals surface area contributed by atoms with Gasteiger partial charge in [-0.2, -0.15) is 0 Å². The number of carbonyl (C=O) groups excluding carboxylic acids is 2. The van der Waals surface area contributed by atoms with Crippen LogP contribution in [0.5, 0.6) is 11.5 Å². The number of amides is 1. The number of likely N-dealkylation sites (N-methyl/N-ethyl adjacent to an activating group) is 1. The summed E-state index contributed by atoms with van der Waals surface area (Å²) in [6.07, 6.45) is 1.64. The second-order valence-electron chi connectivity index (χ2n) is 6.78. The van der Waals surface area contributed by atoms with Crippen molar-refractivity contribution in [2.75, 3.05) is 20.8 Å². The Hall–Kier alpha value is -3.54. The number of aryl methyl sites for hydroxylation is 1. The second-order valence-corrected chi connectivity index (χ2v) is 6.78. The Morgan fingerprint density at radius 1 is 1.21 bits per heavy atom. The second kappa shape index (κ2) is 8.22. The van der Waals surface area contributed by atoms with E-state index in [2.05, 4.69) is 6.58 Å². The molecule has 3 rings (SSSR count). The number of nitrogens with zero attached hydrogens (tertiary/aromatic N) is 1. The lowest BCUT2D eigenvalue weighted by molar-refractivity contribution is -0.139. The van der Waals surface area contributed by atoms with Crippen molar-refractivity contribution < 1.29 is 24.2 Å². The monoisotopic (exact) mass is 393 g/mol. The summed E-state index contributed by atoms with van der Waals surface area (Å²) in [6.45, 7) is 5.85. The Balaban J connectivity index is 2.11. The first kappa shape index (κ1) is 20.2. The lowest BCUT2D eigenvalue weighted by atomic mass is 9.94. The van der Waals surface area contributed by atoms with Gasteiger partial charge in [-0.3, -0.25) is 9.59 Å². The molecule has 29 heavy (non-hydrogen) atoms. The molecule has 0 spiro atoms. The van der Waals surface area contributed by atoms with Crippen molar-refractivity contribution in [3.05, 3.63) is 77.4 Å². The van der Waals surface area contributed by atoms with E-state index in [1.165, 1.54) is 12.0 Å². The predicted octanol–water partition coefficient (Wildman–Crippen LogP) is 3.62. The van der Waals surface area contributed by atoms with Gasteiger partial charge in [-0.25, -0.2) is 0 Å². The van der Waals surface area contributed by atoms with Crippen LogP contribution in [0, 0.1) is 6.92 Å². The van der Waals surface area contributed by atoms with Crippen LogP contribution in [0.25, 0.3) is 5.76 Å². The number of aliphatic hydroxyl groups is 1. The summed E-state index contributed by atoms with van der Waals surface area (Å²) < 4.78 is 10.8. The van der Waals surface area contributed by atoms with E-state index in [9.17, 15) is 14.7 Å². The molecule has 2 aromatic rings. The number of aliphatic hydroxyl groups excluding tert-OH is 1. The normalized spacial score (nSPS) is 18.0. The topological polar surface area (TPSA) is 76.1 Å². The Morgan fingerprint density at radius 2 is 1.90 bits per heavy atom. The Bertz CT molecular complexity index is 991. The Kier molecular flexibility index (Phi) is 5.73. The van der Waals surface area contributed by atoms with Gasteiger partial charge >= 0.3 is 0 Å². The molecule has 1 amide bonds. The molecule has 1 saturated heterocycles. The molecule has 1 aliphatic heterocycles. The minimum Gasteiger partial charge on any atom is -0.507 e. The number of ketones is 1. The molecule has 0 radical (unpaired) electrons. The fourth-order valence-corrected chi connectivity index (χ4v) is 3.39. The minimum absolute atomic E-state index is 0.0289. The van der Waals surface area contributed by atoms with E-state index in [0.29, 0.717) is 29.2 Å². The summed E-state index contributed by atoms with van der Waals surface area (Å²) in [5, 5.41) is 11.0. The largest absolute Gasteiger partial charge is 0.507 e. The number of Topliss-reactive ketones (excluding diaryl/α,β-unsaturated/α-hetero) is 1. The number of likely N-dealkylation sites (tertiary alicyclic amines) is 1. The number of hydrogen-bond donors (Lipinski definition) is 1. The molecular formula is C23H23NO5. The third-order valence-corrected chi connectivity index (χ3v) is 4.85. The molecule has 2 aromatic carbocycles. The van der Waals surface area contributed by atoms with Gasteiger partial charge in [0.2, 0.25) is 0 Å². The number of ether oxygens (including phenoxy) is 2. The molecule has 1 heterocycles. The molecule has 6 nitrogen and oxygen atoms in total. The molecule has 1 N–H and O–H groups in total. The van der Waals surface area contributed by atoms with Crippen molar-refractivity contribution in [3.63, 3.8) is 0 Å². The van der Waals surface area contributed by atoms with E-state index in [0.717, 1.165) is 5.56 Å². The molecule has 150 valence electrons. The molecule has 0 bridgehead atoms. The van der Waals surface area contributed by atoms with Crippen molar-refractivity contribution in [2.45, 2.75) is 13.0 Å². The first-order valence-electron chi connectivity index (χ1n) is 9.12. The highest BCUT2D eigenvalue weighted by atomic mass is 16.5. The first-order valence-corrected chi connectivity index (χ1v) is 9.12. The van der Waals surface area contributed by atoms with Crippen LogP contribution in [-0.2, 0) is 9.59 Å². The lowest BCUT2D eigenvalue weighted by Gasteiger charge is -2.21. The SMILES string of the molecule is C=CCOc1ccc(C2/C(=C(\O)c3cc(C)ccc3OC)C(=O)C(=O)N2C)cc1. The van der Waals surface area contributed by atoms with Gasteiger partial charge in [0.05, 0.1) is 24.3 Å². The highest BCUT2D eigenvalue weighted by Crippen LogP contribution is 2.40. The van der Waals surface area contributed by atoms with Gasteiger partial charge in [0.25, 0.3) is 11.7 Å². The zero-order valence-corrected chi connectivity index (χ0v) is 16.6. The van der Waals surface area contributed by atoms with Crippen LogP contribution >= 0.6 is 0 Å².